The fourth-order valence-corrected chi connectivity index (χ4v) is 4.69. The fourth-order valence-electron chi connectivity index (χ4n) is 2.05. The number of amides is 1. The van der Waals surface area contributed by atoms with E-state index in [9.17, 15) is 13.2 Å². The number of nitrogens with one attached hydrogen (secondary N) is 1. The highest BCUT2D eigenvalue weighted by molar-refractivity contribution is 9.10. The van der Waals surface area contributed by atoms with Crippen molar-refractivity contribution in [2.75, 3.05) is 25.2 Å². The standard InChI is InChI=1S/C16H17BrN2O3S2/c1-19(24(21,22)15-10-6-3-7-12(15)17)11-16(20)18-13-8-4-5-9-14(13)23-2/h3-10H,11H2,1-2H3,(H,18,20). The molecule has 0 unspecified atom stereocenters. The Bertz CT molecular complexity index is 841. The van der Waals surface area contributed by atoms with Crippen molar-refractivity contribution >= 4 is 49.3 Å². The summed E-state index contributed by atoms with van der Waals surface area (Å²) in [6.45, 7) is -0.271. The van der Waals surface area contributed by atoms with Gasteiger partial charge >= 0.3 is 0 Å². The van der Waals surface area contributed by atoms with Crippen molar-refractivity contribution in [2.45, 2.75) is 9.79 Å². The average Bonchev–Trinajstić information content (AvgIpc) is 2.55. The zero-order valence-corrected chi connectivity index (χ0v) is 16.4. The van der Waals surface area contributed by atoms with Crippen LogP contribution in [0.3, 0.4) is 0 Å². The maximum Gasteiger partial charge on any atom is 0.244 e. The maximum absolute atomic E-state index is 12.6. The number of carbonyl (C=O) groups excluding carboxylic acids is 1. The number of anilines is 1. The van der Waals surface area contributed by atoms with E-state index >= 15 is 0 Å². The lowest BCUT2D eigenvalue weighted by molar-refractivity contribution is -0.116. The van der Waals surface area contributed by atoms with Crippen LogP contribution in [0.2, 0.25) is 0 Å². The van der Waals surface area contributed by atoms with E-state index < -0.39 is 15.9 Å². The van der Waals surface area contributed by atoms with Gasteiger partial charge in [-0.1, -0.05) is 24.3 Å². The minimum absolute atomic E-state index is 0.129. The van der Waals surface area contributed by atoms with E-state index in [1.807, 2.05) is 24.5 Å². The summed E-state index contributed by atoms with van der Waals surface area (Å²) in [7, 11) is -2.37. The first-order valence-corrected chi connectivity index (χ1v) is 10.5. The van der Waals surface area contributed by atoms with Gasteiger partial charge in [0.2, 0.25) is 15.9 Å². The van der Waals surface area contributed by atoms with Crippen LogP contribution < -0.4 is 5.32 Å². The molecule has 2 aromatic rings. The number of sulfonamides is 1. The molecule has 0 saturated heterocycles. The number of thioether (sulfide) groups is 1. The van der Waals surface area contributed by atoms with Gasteiger partial charge in [0.15, 0.2) is 0 Å². The number of halogens is 1. The van der Waals surface area contributed by atoms with E-state index in [4.69, 9.17) is 0 Å². The molecule has 0 radical (unpaired) electrons. The van der Waals surface area contributed by atoms with E-state index in [0.29, 0.717) is 10.2 Å². The monoisotopic (exact) mass is 428 g/mol. The molecule has 128 valence electrons. The smallest absolute Gasteiger partial charge is 0.244 e. The van der Waals surface area contributed by atoms with Gasteiger partial charge in [0.1, 0.15) is 0 Å². The summed E-state index contributed by atoms with van der Waals surface area (Å²) in [5.74, 6) is -0.394. The molecule has 0 aliphatic rings. The summed E-state index contributed by atoms with van der Waals surface area (Å²) >= 11 is 4.74. The van der Waals surface area contributed by atoms with Crippen LogP contribution in [0.25, 0.3) is 0 Å². The Morgan fingerprint density at radius 1 is 1.17 bits per heavy atom. The number of rotatable bonds is 6. The molecule has 8 heteroatoms. The van der Waals surface area contributed by atoms with Gasteiger partial charge in [-0.25, -0.2) is 8.42 Å². The highest BCUT2D eigenvalue weighted by Crippen LogP contribution is 2.25. The first-order valence-electron chi connectivity index (χ1n) is 7.00. The minimum Gasteiger partial charge on any atom is -0.324 e. The number of likely N-dealkylation sites (N-methyl/N-ethyl adjacent to an activating group) is 1. The van der Waals surface area contributed by atoms with Crippen LogP contribution in [0.1, 0.15) is 0 Å². The Morgan fingerprint density at radius 2 is 1.79 bits per heavy atom. The predicted octanol–water partition coefficient (Wildman–Crippen LogP) is 3.43. The Labute approximate surface area is 154 Å². The van der Waals surface area contributed by atoms with Crippen LogP contribution in [0, 0.1) is 0 Å². The second-order valence-corrected chi connectivity index (χ2v) is 8.66. The molecular formula is C16H17BrN2O3S2. The highest BCUT2D eigenvalue weighted by atomic mass is 79.9. The van der Waals surface area contributed by atoms with Crippen molar-refractivity contribution in [3.05, 3.63) is 53.0 Å². The summed E-state index contributed by atoms with van der Waals surface area (Å²) in [5, 5.41) is 2.75. The molecule has 2 rings (SSSR count). The molecular weight excluding hydrogens is 412 g/mol. The number of para-hydroxylation sites is 1. The SMILES string of the molecule is CSc1ccccc1NC(=O)CN(C)S(=O)(=O)c1ccccc1Br. The molecule has 0 aliphatic carbocycles. The van der Waals surface area contributed by atoms with Crippen LogP contribution in [0.15, 0.2) is 62.8 Å². The van der Waals surface area contributed by atoms with Gasteiger partial charge in [0.25, 0.3) is 0 Å². The van der Waals surface area contributed by atoms with Crippen molar-refractivity contribution in [3.8, 4) is 0 Å². The molecule has 5 nitrogen and oxygen atoms in total. The number of benzene rings is 2. The van der Waals surface area contributed by atoms with Crippen LogP contribution in [-0.2, 0) is 14.8 Å². The Morgan fingerprint density at radius 3 is 2.46 bits per heavy atom. The van der Waals surface area contributed by atoms with Gasteiger partial charge in [-0.05, 0) is 46.5 Å². The summed E-state index contributed by atoms with van der Waals surface area (Å²) in [6, 6.07) is 13.9. The van der Waals surface area contributed by atoms with Crippen LogP contribution >= 0.6 is 27.7 Å². The molecule has 0 saturated carbocycles. The number of hydrogen-bond donors (Lipinski definition) is 1. The van der Waals surface area contributed by atoms with Crippen LogP contribution in [0.5, 0.6) is 0 Å². The van der Waals surface area contributed by atoms with Gasteiger partial charge < -0.3 is 5.32 Å². The van der Waals surface area contributed by atoms with Crippen LogP contribution in [-0.4, -0.2) is 38.5 Å². The molecule has 0 aromatic heterocycles. The third-order valence-corrected chi connectivity index (χ3v) is 6.88. The molecule has 0 bridgehead atoms. The number of carbonyl (C=O) groups is 1. The molecule has 1 amide bonds. The number of nitrogens with zero attached hydrogens (tertiary/aromatic N) is 1. The van der Waals surface area contributed by atoms with Gasteiger partial charge in [-0.2, -0.15) is 4.31 Å². The molecule has 0 aliphatic heterocycles. The molecule has 0 spiro atoms. The molecule has 1 N–H and O–H groups in total. The average molecular weight is 429 g/mol. The maximum atomic E-state index is 12.6. The van der Waals surface area contributed by atoms with Gasteiger partial charge in [-0.3, -0.25) is 4.79 Å². The molecule has 2 aromatic carbocycles. The third-order valence-electron chi connectivity index (χ3n) is 3.27. The minimum atomic E-state index is -3.75. The van der Waals surface area contributed by atoms with Crippen molar-refractivity contribution in [1.82, 2.24) is 4.31 Å². The number of hydrogen-bond acceptors (Lipinski definition) is 4. The van der Waals surface area contributed by atoms with Gasteiger partial charge in [-0.15, -0.1) is 11.8 Å². The van der Waals surface area contributed by atoms with Crippen molar-refractivity contribution in [3.63, 3.8) is 0 Å². The summed E-state index contributed by atoms with van der Waals surface area (Å²) < 4.78 is 26.6. The molecule has 0 atom stereocenters. The van der Waals surface area contributed by atoms with E-state index in [1.54, 1.807) is 24.3 Å². The third kappa shape index (κ3) is 4.38. The normalized spacial score (nSPS) is 11.5. The summed E-state index contributed by atoms with van der Waals surface area (Å²) in [5.41, 5.74) is 0.668. The van der Waals surface area contributed by atoms with E-state index in [1.165, 1.54) is 24.9 Å². The lowest BCUT2D eigenvalue weighted by atomic mass is 10.3. The van der Waals surface area contributed by atoms with E-state index in [2.05, 4.69) is 21.2 Å². The second kappa shape index (κ2) is 8.15. The lowest BCUT2D eigenvalue weighted by Crippen LogP contribution is -2.35. The van der Waals surface area contributed by atoms with E-state index in [-0.39, 0.29) is 11.4 Å². The first-order chi connectivity index (χ1) is 11.4. The quantitative estimate of drug-likeness (QED) is 0.715. The van der Waals surface area contributed by atoms with Crippen molar-refractivity contribution < 1.29 is 13.2 Å². The van der Waals surface area contributed by atoms with Gasteiger partial charge in [0, 0.05) is 16.4 Å². The zero-order chi connectivity index (χ0) is 17.7. The molecule has 0 fully saturated rings. The predicted molar refractivity (Wildman–Crippen MR) is 101 cm³/mol. The lowest BCUT2D eigenvalue weighted by Gasteiger charge is -2.18. The van der Waals surface area contributed by atoms with Crippen molar-refractivity contribution in [1.29, 1.82) is 0 Å². The largest absolute Gasteiger partial charge is 0.324 e. The second-order valence-electron chi connectivity index (χ2n) is 4.94. The summed E-state index contributed by atoms with van der Waals surface area (Å²) in [6.07, 6.45) is 1.91. The van der Waals surface area contributed by atoms with Crippen molar-refractivity contribution in [2.24, 2.45) is 0 Å². The summed E-state index contributed by atoms with van der Waals surface area (Å²) in [4.78, 5) is 13.3. The topological polar surface area (TPSA) is 66.5 Å². The molecule has 0 heterocycles. The zero-order valence-electron chi connectivity index (χ0n) is 13.2. The highest BCUT2D eigenvalue weighted by Gasteiger charge is 2.25. The fraction of sp³-hybridized carbons (Fsp3) is 0.188. The first kappa shape index (κ1) is 19.0. The van der Waals surface area contributed by atoms with Crippen LogP contribution in [0.4, 0.5) is 5.69 Å². The Hall–Kier alpha value is -1.35. The van der Waals surface area contributed by atoms with E-state index in [0.717, 1.165) is 9.20 Å². The Kier molecular flexibility index (Phi) is 6.45. The van der Waals surface area contributed by atoms with Gasteiger partial charge in [0.05, 0.1) is 17.1 Å². The Balaban J connectivity index is 2.13. The molecule has 24 heavy (non-hydrogen) atoms.